The maximum Gasteiger partial charge on any atom is 0.242 e. The highest BCUT2D eigenvalue weighted by molar-refractivity contribution is 5.95. The van der Waals surface area contributed by atoms with E-state index in [9.17, 15) is 4.79 Å². The van der Waals surface area contributed by atoms with Crippen LogP contribution in [0, 0.1) is 11.3 Å². The van der Waals surface area contributed by atoms with Crippen LogP contribution in [0.3, 0.4) is 0 Å². The summed E-state index contributed by atoms with van der Waals surface area (Å²) in [5.74, 6) is -0.0636. The van der Waals surface area contributed by atoms with Gasteiger partial charge in [0.2, 0.25) is 5.91 Å². The molecule has 1 amide bonds. The number of carbonyl (C=O) groups excluding carboxylic acids is 1. The average Bonchev–Trinajstić information content (AvgIpc) is 2.43. The van der Waals surface area contributed by atoms with Gasteiger partial charge in [-0.2, -0.15) is 5.26 Å². The fourth-order valence-electron chi connectivity index (χ4n) is 1.70. The van der Waals surface area contributed by atoms with Gasteiger partial charge in [0.1, 0.15) is 6.54 Å². The number of hydrogen-bond donors (Lipinski definition) is 1. The lowest BCUT2D eigenvalue weighted by Crippen LogP contribution is -2.41. The van der Waals surface area contributed by atoms with Crippen LogP contribution in [0.15, 0.2) is 30.3 Å². The Morgan fingerprint density at radius 3 is 2.63 bits per heavy atom. The number of likely N-dealkylation sites (N-methyl/N-ethyl adjacent to an activating group) is 2. The van der Waals surface area contributed by atoms with E-state index in [2.05, 4.69) is 5.32 Å². The van der Waals surface area contributed by atoms with Crippen LogP contribution in [0.2, 0.25) is 0 Å². The predicted octanol–water partition coefficient (Wildman–Crippen LogP) is 0.694. The molecule has 1 N–H and O–H groups in total. The van der Waals surface area contributed by atoms with Crippen molar-refractivity contribution in [1.82, 2.24) is 10.2 Å². The van der Waals surface area contributed by atoms with Gasteiger partial charge in [-0.25, -0.2) is 0 Å². The normalized spacial score (nSPS) is 10.2. The van der Waals surface area contributed by atoms with Gasteiger partial charge in [-0.3, -0.25) is 14.6 Å². The molecule has 0 aliphatic carbocycles. The maximum atomic E-state index is 12.2. The molecule has 0 aromatic heterocycles. The summed E-state index contributed by atoms with van der Waals surface area (Å²) in [6, 6.07) is 11.3. The fourth-order valence-corrected chi connectivity index (χ4v) is 1.70. The molecule has 0 saturated carbocycles. The van der Waals surface area contributed by atoms with E-state index in [1.54, 1.807) is 0 Å². The Bertz CT molecular complexity index is 427. The minimum absolute atomic E-state index is 0.0636. The minimum atomic E-state index is -0.0636. The molecule has 0 spiro atoms. The Morgan fingerprint density at radius 2 is 2.05 bits per heavy atom. The first-order valence-corrected chi connectivity index (χ1v) is 6.24. The smallest absolute Gasteiger partial charge is 0.242 e. The van der Waals surface area contributed by atoms with Gasteiger partial charge in [0.15, 0.2) is 0 Å². The predicted molar refractivity (Wildman–Crippen MR) is 75.8 cm³/mol. The molecule has 0 aliphatic heterocycles. The Hall–Kier alpha value is -1.90. The lowest BCUT2D eigenvalue weighted by Gasteiger charge is -2.23. The molecule has 19 heavy (non-hydrogen) atoms. The Balaban J connectivity index is 2.67. The van der Waals surface area contributed by atoms with Crippen LogP contribution >= 0.6 is 0 Å². The highest BCUT2D eigenvalue weighted by Crippen LogP contribution is 2.13. The second-order valence-electron chi connectivity index (χ2n) is 4.31. The Kier molecular flexibility index (Phi) is 6.58. The number of carbonyl (C=O) groups is 1. The third kappa shape index (κ3) is 5.08. The lowest BCUT2D eigenvalue weighted by atomic mass is 10.2. The average molecular weight is 260 g/mol. The van der Waals surface area contributed by atoms with Gasteiger partial charge < -0.3 is 5.32 Å². The van der Waals surface area contributed by atoms with Crippen molar-refractivity contribution in [2.45, 2.75) is 0 Å². The number of nitrogens with one attached hydrogen (secondary N) is 1. The SMILES string of the molecule is CNCCN(C)CC(=O)N(CC#N)c1ccccc1. The molecule has 0 saturated heterocycles. The van der Waals surface area contributed by atoms with Crippen molar-refractivity contribution >= 4 is 11.6 Å². The first kappa shape index (κ1) is 15.2. The van der Waals surface area contributed by atoms with E-state index in [4.69, 9.17) is 5.26 Å². The van der Waals surface area contributed by atoms with E-state index in [-0.39, 0.29) is 12.5 Å². The molecule has 1 rings (SSSR count). The van der Waals surface area contributed by atoms with Gasteiger partial charge >= 0.3 is 0 Å². The van der Waals surface area contributed by atoms with Crippen molar-refractivity contribution in [3.05, 3.63) is 30.3 Å². The highest BCUT2D eigenvalue weighted by Gasteiger charge is 2.16. The number of nitriles is 1. The standard InChI is InChI=1S/C14H20N4O/c1-16-9-11-17(2)12-14(19)18(10-8-15)13-6-4-3-5-7-13/h3-7,16H,9-12H2,1-2H3. The summed E-state index contributed by atoms with van der Waals surface area (Å²) in [6.45, 7) is 1.99. The minimum Gasteiger partial charge on any atom is -0.318 e. The van der Waals surface area contributed by atoms with Gasteiger partial charge in [0, 0.05) is 18.8 Å². The Labute approximate surface area is 114 Å². The zero-order valence-electron chi connectivity index (χ0n) is 11.5. The number of nitrogens with zero attached hydrogens (tertiary/aromatic N) is 3. The Morgan fingerprint density at radius 1 is 1.37 bits per heavy atom. The van der Waals surface area contributed by atoms with E-state index in [0.717, 1.165) is 18.8 Å². The summed E-state index contributed by atoms with van der Waals surface area (Å²) in [7, 11) is 3.77. The van der Waals surface area contributed by atoms with Gasteiger partial charge in [-0.1, -0.05) is 18.2 Å². The van der Waals surface area contributed by atoms with Crippen molar-refractivity contribution in [2.24, 2.45) is 0 Å². The van der Waals surface area contributed by atoms with Crippen LogP contribution in [-0.4, -0.2) is 51.1 Å². The third-order valence-electron chi connectivity index (χ3n) is 2.75. The highest BCUT2D eigenvalue weighted by atomic mass is 16.2. The summed E-state index contributed by atoms with van der Waals surface area (Å²) >= 11 is 0. The molecule has 5 heteroatoms. The molecule has 0 atom stereocenters. The summed E-state index contributed by atoms with van der Waals surface area (Å²) in [5.41, 5.74) is 0.760. The molecule has 0 bridgehead atoms. The van der Waals surface area contributed by atoms with Crippen LogP contribution in [0.25, 0.3) is 0 Å². The van der Waals surface area contributed by atoms with Gasteiger partial charge in [-0.15, -0.1) is 0 Å². The van der Waals surface area contributed by atoms with E-state index in [0.29, 0.717) is 6.54 Å². The van der Waals surface area contributed by atoms with Crippen LogP contribution < -0.4 is 10.2 Å². The third-order valence-corrected chi connectivity index (χ3v) is 2.75. The van der Waals surface area contributed by atoms with Crippen LogP contribution in [-0.2, 0) is 4.79 Å². The van der Waals surface area contributed by atoms with Crippen molar-refractivity contribution in [1.29, 1.82) is 5.26 Å². The van der Waals surface area contributed by atoms with Crippen molar-refractivity contribution in [3.8, 4) is 6.07 Å². The number of para-hydroxylation sites is 1. The quantitative estimate of drug-likeness (QED) is 0.733. The van der Waals surface area contributed by atoms with E-state index < -0.39 is 0 Å². The molecule has 102 valence electrons. The van der Waals surface area contributed by atoms with Crippen LogP contribution in [0.4, 0.5) is 5.69 Å². The molecule has 0 fully saturated rings. The van der Waals surface area contributed by atoms with Crippen molar-refractivity contribution < 1.29 is 4.79 Å². The number of hydrogen-bond acceptors (Lipinski definition) is 4. The summed E-state index contributed by atoms with van der Waals surface area (Å²) < 4.78 is 0. The lowest BCUT2D eigenvalue weighted by molar-refractivity contribution is -0.119. The molecule has 0 unspecified atom stereocenters. The summed E-state index contributed by atoms with van der Waals surface area (Å²) in [5, 5.41) is 11.9. The first-order chi connectivity index (χ1) is 9.19. The zero-order chi connectivity index (χ0) is 14.1. The number of amides is 1. The topological polar surface area (TPSA) is 59.4 Å². The van der Waals surface area contributed by atoms with Crippen LogP contribution in [0.5, 0.6) is 0 Å². The zero-order valence-corrected chi connectivity index (χ0v) is 11.5. The molecule has 5 nitrogen and oxygen atoms in total. The molecule has 0 radical (unpaired) electrons. The maximum absolute atomic E-state index is 12.2. The molecule has 0 heterocycles. The second-order valence-corrected chi connectivity index (χ2v) is 4.31. The van der Waals surface area contributed by atoms with E-state index in [1.165, 1.54) is 4.90 Å². The molecular formula is C14H20N4O. The van der Waals surface area contributed by atoms with Gasteiger partial charge in [-0.05, 0) is 26.2 Å². The van der Waals surface area contributed by atoms with E-state index >= 15 is 0 Å². The summed E-state index contributed by atoms with van der Waals surface area (Å²) in [6.07, 6.45) is 0. The second kappa shape index (κ2) is 8.25. The number of anilines is 1. The number of rotatable bonds is 7. The monoisotopic (exact) mass is 260 g/mol. The summed E-state index contributed by atoms with van der Waals surface area (Å²) in [4.78, 5) is 15.7. The van der Waals surface area contributed by atoms with Crippen molar-refractivity contribution in [3.63, 3.8) is 0 Å². The van der Waals surface area contributed by atoms with Gasteiger partial charge in [0.05, 0.1) is 12.6 Å². The molecular weight excluding hydrogens is 240 g/mol. The number of benzene rings is 1. The first-order valence-electron chi connectivity index (χ1n) is 6.24. The van der Waals surface area contributed by atoms with Gasteiger partial charge in [0.25, 0.3) is 0 Å². The molecule has 0 aliphatic rings. The molecule has 1 aromatic rings. The molecule has 1 aromatic carbocycles. The van der Waals surface area contributed by atoms with E-state index in [1.807, 2.05) is 55.4 Å². The largest absolute Gasteiger partial charge is 0.318 e. The fraction of sp³-hybridized carbons (Fsp3) is 0.429. The van der Waals surface area contributed by atoms with Crippen LogP contribution in [0.1, 0.15) is 0 Å². The van der Waals surface area contributed by atoms with Crippen molar-refractivity contribution in [2.75, 3.05) is 45.2 Å².